The lowest BCUT2D eigenvalue weighted by Crippen LogP contribution is -2.81. The maximum atomic E-state index is 14.3. The summed E-state index contributed by atoms with van der Waals surface area (Å²) in [4.78, 5) is 71.2. The minimum absolute atomic E-state index is 0.0000238. The van der Waals surface area contributed by atoms with Gasteiger partial charge < -0.3 is 43.7 Å². The molecule has 16 heteroatoms. The average molecular weight is 847 g/mol. The number of hydrogen-bond donors (Lipinski definition) is 3. The van der Waals surface area contributed by atoms with Crippen LogP contribution in [-0.4, -0.2) is 145 Å². The van der Waals surface area contributed by atoms with Crippen LogP contribution in [0, 0.1) is 40.4 Å². The van der Waals surface area contributed by atoms with Crippen LogP contribution in [0.5, 0.6) is 0 Å². The van der Waals surface area contributed by atoms with Gasteiger partial charge in [0, 0.05) is 88.2 Å². The van der Waals surface area contributed by atoms with Crippen LogP contribution in [0.15, 0.2) is 54.6 Å². The zero-order valence-corrected chi connectivity index (χ0v) is 35.1. The van der Waals surface area contributed by atoms with Crippen molar-refractivity contribution >= 4 is 35.4 Å². The van der Waals surface area contributed by atoms with Gasteiger partial charge in [-0.05, 0) is 43.1 Å². The molecule has 7 aliphatic rings. The summed E-state index contributed by atoms with van der Waals surface area (Å²) in [6.45, 7) is 5.11. The number of benzene rings is 2. The topological polar surface area (TPSA) is 208 Å². The summed E-state index contributed by atoms with van der Waals surface area (Å²) < 4.78 is 38.2. The Morgan fingerprint density at radius 3 is 2.23 bits per heavy atom. The Labute approximate surface area is 353 Å². The Hall–Kier alpha value is -4.29. The summed E-state index contributed by atoms with van der Waals surface area (Å²) in [5, 5.41) is 38.4. The third-order valence-electron chi connectivity index (χ3n) is 16.0. The number of hydrogen-bond acceptors (Lipinski definition) is 15. The molecule has 7 fully saturated rings. The zero-order valence-electron chi connectivity index (χ0n) is 35.1. The van der Waals surface area contributed by atoms with E-state index in [0.717, 1.165) is 4.90 Å². The van der Waals surface area contributed by atoms with Crippen LogP contribution in [0.3, 0.4) is 0 Å². The predicted octanol–water partition coefficient (Wildman–Crippen LogP) is 1.76. The average Bonchev–Trinajstić information content (AvgIpc) is 3.74. The number of piperidine rings is 1. The van der Waals surface area contributed by atoms with Crippen molar-refractivity contribution in [2.75, 3.05) is 45.9 Å². The smallest absolute Gasteiger partial charge is 0.340 e. The van der Waals surface area contributed by atoms with Gasteiger partial charge in [-0.1, -0.05) is 44.2 Å². The molecule has 328 valence electrons. The Morgan fingerprint density at radius 1 is 0.902 bits per heavy atom. The standard InChI is InChI=1S/C45H54N2O14/c1-7-46-20-42(21-59-41(54)25-15-11-12-16-27(25)47-30(50)17-22(2)39(47)52)28(49)18-29(56-4)44-26-19-43(55)37(60-40(53)24-13-9-8-10-14-24)31(26)45(61-23(3)48,36(51)38(43)58-6)32(35(44)46)33(57-5)34(42)44/h8-16,22,26,28-29,31-38,49,51,55H,7,17-21H2,1-6H3/t22-,26?,28+,29-,31?,32?,33?,34?,35?,36-,37?,38-,42-,43+,44-,45+/m0/s1. The summed E-state index contributed by atoms with van der Waals surface area (Å²) in [5.74, 6) is -6.99. The lowest BCUT2D eigenvalue weighted by Gasteiger charge is -2.70. The van der Waals surface area contributed by atoms with E-state index < -0.39 is 124 Å². The molecule has 61 heavy (non-hydrogen) atoms. The Balaban J connectivity index is 1.21. The summed E-state index contributed by atoms with van der Waals surface area (Å²) in [5.41, 5.74) is -5.86. The van der Waals surface area contributed by atoms with Gasteiger partial charge in [0.15, 0.2) is 5.60 Å². The lowest BCUT2D eigenvalue weighted by molar-refractivity contribution is -0.322. The van der Waals surface area contributed by atoms with Crippen LogP contribution < -0.4 is 4.90 Å². The van der Waals surface area contributed by atoms with E-state index in [1.54, 1.807) is 56.5 Å². The highest BCUT2D eigenvalue weighted by atomic mass is 16.6. The number of fused-ring (bicyclic) bond motifs is 2. The highest BCUT2D eigenvalue weighted by molar-refractivity contribution is 6.22. The monoisotopic (exact) mass is 846 g/mol. The Kier molecular flexibility index (Phi) is 10.1. The van der Waals surface area contributed by atoms with Gasteiger partial charge in [-0.15, -0.1) is 0 Å². The number of rotatable bonds is 11. The van der Waals surface area contributed by atoms with E-state index in [4.69, 9.17) is 28.4 Å². The van der Waals surface area contributed by atoms with Crippen LogP contribution in [0.1, 0.15) is 60.7 Å². The molecular weight excluding hydrogens is 792 g/mol. The maximum absolute atomic E-state index is 14.3. The normalized spacial score (nSPS) is 43.0. The van der Waals surface area contributed by atoms with E-state index in [1.807, 2.05) is 6.92 Å². The van der Waals surface area contributed by atoms with E-state index in [1.165, 1.54) is 33.3 Å². The number of nitrogens with zero attached hydrogens (tertiary/aromatic N) is 2. The number of carbonyl (C=O) groups is 5. The van der Waals surface area contributed by atoms with Gasteiger partial charge in [0.25, 0.3) is 0 Å². The molecule has 2 heterocycles. The quantitative estimate of drug-likeness (QED) is 0.167. The van der Waals surface area contributed by atoms with Crippen LogP contribution >= 0.6 is 0 Å². The van der Waals surface area contributed by atoms with E-state index >= 15 is 0 Å². The third-order valence-corrected chi connectivity index (χ3v) is 16.0. The second-order valence-electron chi connectivity index (χ2n) is 18.3. The Morgan fingerprint density at radius 2 is 1.61 bits per heavy atom. The van der Waals surface area contributed by atoms with Crippen molar-refractivity contribution in [3.05, 3.63) is 65.7 Å². The molecule has 7 unspecified atom stereocenters. The molecule has 16 nitrogen and oxygen atoms in total. The molecule has 2 saturated heterocycles. The van der Waals surface area contributed by atoms with Gasteiger partial charge in [-0.25, -0.2) is 14.5 Å². The second kappa shape index (κ2) is 14.6. The zero-order chi connectivity index (χ0) is 43.6. The van der Waals surface area contributed by atoms with Crippen LogP contribution in [0.25, 0.3) is 0 Å². The molecule has 3 N–H and O–H groups in total. The molecule has 2 aromatic rings. The number of anilines is 1. The number of methoxy groups -OCH3 is 3. The molecule has 9 rings (SSSR count). The first-order valence-corrected chi connectivity index (χ1v) is 21.1. The minimum atomic E-state index is -1.99. The number of ether oxygens (including phenoxy) is 6. The summed E-state index contributed by atoms with van der Waals surface area (Å²) in [7, 11) is 4.42. The summed E-state index contributed by atoms with van der Waals surface area (Å²) in [6, 6.07) is 14.0. The van der Waals surface area contributed by atoms with Gasteiger partial charge in [0.2, 0.25) is 11.8 Å². The largest absolute Gasteiger partial charge is 0.461 e. The molecule has 7 bridgehead atoms. The van der Waals surface area contributed by atoms with Crippen LogP contribution in [-0.2, 0) is 42.8 Å². The van der Waals surface area contributed by atoms with Crippen molar-refractivity contribution in [1.29, 1.82) is 0 Å². The molecule has 16 atom stereocenters. The summed E-state index contributed by atoms with van der Waals surface area (Å²) >= 11 is 0. The molecular formula is C45H54N2O14. The van der Waals surface area contributed by atoms with Gasteiger partial charge in [0.05, 0.1) is 35.1 Å². The van der Waals surface area contributed by atoms with E-state index in [0.29, 0.717) is 6.54 Å². The predicted molar refractivity (Wildman–Crippen MR) is 212 cm³/mol. The third kappa shape index (κ3) is 5.33. The van der Waals surface area contributed by atoms with E-state index in [9.17, 15) is 39.3 Å². The first kappa shape index (κ1) is 42.0. The van der Waals surface area contributed by atoms with Crippen molar-refractivity contribution in [2.24, 2.45) is 40.4 Å². The molecule has 2 amide bonds. The lowest BCUT2D eigenvalue weighted by atomic mass is 9.42. The van der Waals surface area contributed by atoms with Crippen molar-refractivity contribution in [1.82, 2.24) is 4.90 Å². The van der Waals surface area contributed by atoms with Gasteiger partial charge >= 0.3 is 17.9 Å². The van der Waals surface area contributed by atoms with Crippen molar-refractivity contribution in [3.8, 4) is 0 Å². The number of esters is 3. The SMILES string of the molecule is CCN1C[C@@]2(COC(=O)c3ccccc3N3C(=O)C[C@H](C)C3=O)C3C(OC)C4C1[C@@]3(C1C[C@@]3(O)C(OC(=O)c5ccccc5)C1[C@]4(OC(C)=O)[C@@H](O)[C@@H]3OC)[C@@H](OC)C[C@H]2O. The van der Waals surface area contributed by atoms with Crippen LogP contribution in [0.4, 0.5) is 5.69 Å². The molecule has 2 aromatic carbocycles. The van der Waals surface area contributed by atoms with Crippen molar-refractivity contribution in [3.63, 3.8) is 0 Å². The van der Waals surface area contributed by atoms with E-state index in [-0.39, 0.29) is 49.2 Å². The maximum Gasteiger partial charge on any atom is 0.340 e. The number of aliphatic hydroxyl groups is 3. The highest BCUT2D eigenvalue weighted by Gasteiger charge is 2.92. The minimum Gasteiger partial charge on any atom is -0.461 e. The number of likely N-dealkylation sites (tertiary alicyclic amines) is 1. The second-order valence-corrected chi connectivity index (χ2v) is 18.3. The van der Waals surface area contributed by atoms with Crippen LogP contribution in [0.2, 0.25) is 0 Å². The molecule has 5 saturated carbocycles. The van der Waals surface area contributed by atoms with Crippen molar-refractivity contribution in [2.45, 2.75) is 93.9 Å². The number of aliphatic hydroxyl groups excluding tert-OH is 2. The summed E-state index contributed by atoms with van der Waals surface area (Å²) in [6.07, 6.45) is -7.12. The Bertz CT molecular complexity index is 2140. The fourth-order valence-corrected chi connectivity index (χ4v) is 14.2. The number of amides is 2. The number of imide groups is 1. The number of carbonyl (C=O) groups excluding carboxylic acids is 5. The number of para-hydroxylation sites is 1. The first-order valence-electron chi connectivity index (χ1n) is 21.1. The van der Waals surface area contributed by atoms with Gasteiger partial charge in [-0.2, -0.15) is 0 Å². The molecule has 0 radical (unpaired) electrons. The molecule has 1 spiro atoms. The van der Waals surface area contributed by atoms with Gasteiger partial charge in [0.1, 0.15) is 30.5 Å². The fraction of sp³-hybridized carbons (Fsp3) is 0.622. The highest BCUT2D eigenvalue weighted by Crippen LogP contribution is 2.80. The fourth-order valence-electron chi connectivity index (χ4n) is 14.2. The van der Waals surface area contributed by atoms with Gasteiger partial charge in [-0.3, -0.25) is 19.3 Å². The molecule has 2 aliphatic heterocycles. The van der Waals surface area contributed by atoms with Crippen molar-refractivity contribution < 1.29 is 67.7 Å². The molecule has 5 aliphatic carbocycles. The molecule has 0 aromatic heterocycles. The first-order chi connectivity index (χ1) is 29.1. The van der Waals surface area contributed by atoms with E-state index in [2.05, 4.69) is 4.90 Å².